The van der Waals surface area contributed by atoms with Crippen LogP contribution in [0.15, 0.2) is 41.6 Å². The van der Waals surface area contributed by atoms with Crippen molar-refractivity contribution in [1.82, 2.24) is 24.2 Å². The molecule has 2 aromatic heterocycles. The summed E-state index contributed by atoms with van der Waals surface area (Å²) in [5.74, 6) is -0.634. The number of hydrogen-bond acceptors (Lipinski definition) is 6. The van der Waals surface area contributed by atoms with Crippen LogP contribution in [0.5, 0.6) is 0 Å². The molecule has 1 saturated carbocycles. The number of rotatable bonds is 6. The van der Waals surface area contributed by atoms with Crippen molar-refractivity contribution < 1.29 is 27.8 Å². The Bertz CT molecular complexity index is 1310. The van der Waals surface area contributed by atoms with Gasteiger partial charge in [-0.05, 0) is 62.8 Å². The summed E-state index contributed by atoms with van der Waals surface area (Å²) in [6, 6.07) is 5.67. The number of aromatic nitrogens is 4. The van der Waals surface area contributed by atoms with E-state index in [1.807, 2.05) is 0 Å². The molecule has 9 nitrogen and oxygen atoms in total. The predicted molar refractivity (Wildman–Crippen MR) is 127 cm³/mol. The Labute approximate surface area is 210 Å². The van der Waals surface area contributed by atoms with Crippen molar-refractivity contribution in [3.8, 4) is 5.69 Å². The van der Waals surface area contributed by atoms with Crippen LogP contribution in [0.1, 0.15) is 38.5 Å². The second-order valence-corrected chi connectivity index (χ2v) is 9.87. The van der Waals surface area contributed by atoms with Gasteiger partial charge in [-0.3, -0.25) is 14.2 Å². The van der Waals surface area contributed by atoms with Gasteiger partial charge in [-0.25, -0.2) is 14.1 Å². The molecule has 1 aromatic carbocycles. The number of hydrogen-bond donors (Lipinski definition) is 1. The molecule has 198 valence electrons. The van der Waals surface area contributed by atoms with E-state index in [1.165, 1.54) is 46.0 Å². The third kappa shape index (κ3) is 5.40. The fourth-order valence-corrected chi connectivity index (χ4v) is 5.30. The quantitative estimate of drug-likeness (QED) is 0.538. The predicted octanol–water partition coefficient (Wildman–Crippen LogP) is 2.87. The molecule has 5 rings (SSSR count). The number of amides is 1. The average Bonchev–Trinajstić information content (AvgIpc) is 3.31. The van der Waals surface area contributed by atoms with Gasteiger partial charge in [-0.1, -0.05) is 0 Å². The van der Waals surface area contributed by atoms with E-state index < -0.39 is 18.3 Å². The van der Waals surface area contributed by atoms with Crippen LogP contribution in [0.4, 0.5) is 13.2 Å². The number of carbonyl (C=O) groups is 1. The van der Waals surface area contributed by atoms with Crippen molar-refractivity contribution in [3.63, 3.8) is 0 Å². The van der Waals surface area contributed by atoms with Crippen molar-refractivity contribution in [2.45, 2.75) is 63.4 Å². The lowest BCUT2D eigenvalue weighted by Gasteiger charge is -2.40. The molecule has 3 heterocycles. The summed E-state index contributed by atoms with van der Waals surface area (Å²) in [5, 5.41) is 15.7. The van der Waals surface area contributed by atoms with Crippen LogP contribution >= 0.6 is 0 Å². The molecule has 0 radical (unpaired) electrons. The number of piperidine rings is 1. The van der Waals surface area contributed by atoms with Gasteiger partial charge < -0.3 is 14.7 Å². The van der Waals surface area contributed by atoms with Crippen molar-refractivity contribution >= 4 is 16.9 Å². The number of aliphatic hydroxyl groups is 1. The summed E-state index contributed by atoms with van der Waals surface area (Å²) in [6.45, 7) is -2.09. The lowest BCUT2D eigenvalue weighted by molar-refractivity contribution is -0.173. The Hall–Kier alpha value is -3.25. The van der Waals surface area contributed by atoms with Crippen LogP contribution in [0.2, 0.25) is 0 Å². The molecule has 2 fully saturated rings. The molecule has 1 aliphatic heterocycles. The molecule has 0 unspecified atom stereocenters. The van der Waals surface area contributed by atoms with Crippen LogP contribution in [0, 0.1) is 11.7 Å². The monoisotopic (exact) mass is 519 g/mol. The number of ether oxygens (including phenoxy) is 1. The van der Waals surface area contributed by atoms with E-state index in [9.17, 15) is 27.9 Å². The zero-order valence-electron chi connectivity index (χ0n) is 20.1. The maximum Gasteiger partial charge on any atom is 0.345 e. The van der Waals surface area contributed by atoms with Crippen molar-refractivity contribution in [2.24, 2.45) is 5.92 Å². The highest BCUT2D eigenvalue weighted by atomic mass is 19.3. The first-order valence-corrected chi connectivity index (χ1v) is 12.4. The highest BCUT2D eigenvalue weighted by molar-refractivity contribution is 5.79. The van der Waals surface area contributed by atoms with Crippen molar-refractivity contribution in [2.75, 3.05) is 13.1 Å². The molecule has 0 spiro atoms. The molecular weight excluding hydrogens is 491 g/mol. The first-order chi connectivity index (χ1) is 17.7. The lowest BCUT2D eigenvalue weighted by Crippen LogP contribution is -2.51. The molecule has 0 bridgehead atoms. The van der Waals surface area contributed by atoms with Crippen molar-refractivity contribution in [1.29, 1.82) is 0 Å². The van der Waals surface area contributed by atoms with Crippen LogP contribution < -0.4 is 5.56 Å². The normalized spacial score (nSPS) is 22.0. The fraction of sp³-hybridized carbons (Fsp3) is 0.520. The fourth-order valence-electron chi connectivity index (χ4n) is 5.30. The Balaban J connectivity index is 1.21. The van der Waals surface area contributed by atoms with E-state index in [0.29, 0.717) is 62.9 Å². The number of nitrogens with zero attached hydrogens (tertiary/aromatic N) is 5. The zero-order valence-corrected chi connectivity index (χ0v) is 20.1. The Morgan fingerprint density at radius 1 is 1.14 bits per heavy atom. The first kappa shape index (κ1) is 25.4. The number of fused-ring (bicyclic) bond motifs is 1. The van der Waals surface area contributed by atoms with Gasteiger partial charge in [0.15, 0.2) is 5.65 Å². The average molecular weight is 520 g/mol. The van der Waals surface area contributed by atoms with Gasteiger partial charge in [0.25, 0.3) is 5.56 Å². The van der Waals surface area contributed by atoms with E-state index in [-0.39, 0.29) is 35.1 Å². The SMILES string of the molecule is O=c1c2cnn(-c3ccc(F)cc3)c2ncn1CC1(O)CCN(C(=O)[C@H]2CC[C@H](OC(F)F)CC2)CC1. The Morgan fingerprint density at radius 2 is 1.81 bits per heavy atom. The van der Waals surface area contributed by atoms with E-state index in [2.05, 4.69) is 14.8 Å². The molecular formula is C25H28F3N5O4. The van der Waals surface area contributed by atoms with Gasteiger partial charge in [-0.2, -0.15) is 13.9 Å². The molecule has 12 heteroatoms. The Kier molecular flexibility index (Phi) is 7.04. The molecule has 1 amide bonds. The smallest absolute Gasteiger partial charge is 0.345 e. The molecule has 37 heavy (non-hydrogen) atoms. The summed E-state index contributed by atoms with van der Waals surface area (Å²) in [4.78, 5) is 32.1. The minimum absolute atomic E-state index is 0.0222. The van der Waals surface area contributed by atoms with E-state index in [1.54, 1.807) is 4.90 Å². The summed E-state index contributed by atoms with van der Waals surface area (Å²) < 4.78 is 45.5. The van der Waals surface area contributed by atoms with Gasteiger partial charge in [0.2, 0.25) is 5.91 Å². The Morgan fingerprint density at radius 3 is 2.46 bits per heavy atom. The third-order valence-corrected chi connectivity index (χ3v) is 7.41. The van der Waals surface area contributed by atoms with Gasteiger partial charge in [-0.15, -0.1) is 0 Å². The topological polar surface area (TPSA) is 102 Å². The van der Waals surface area contributed by atoms with Gasteiger partial charge in [0.1, 0.15) is 17.5 Å². The summed E-state index contributed by atoms with van der Waals surface area (Å²) in [6.07, 6.45) is 4.70. The van der Waals surface area contributed by atoms with E-state index >= 15 is 0 Å². The highest BCUT2D eigenvalue weighted by Crippen LogP contribution is 2.31. The van der Waals surface area contributed by atoms with Crippen molar-refractivity contribution in [3.05, 3.63) is 53.0 Å². The minimum atomic E-state index is -2.80. The molecule has 0 atom stereocenters. The van der Waals surface area contributed by atoms with Crippen LogP contribution in [0.3, 0.4) is 0 Å². The number of likely N-dealkylation sites (tertiary alicyclic amines) is 1. The largest absolute Gasteiger partial charge is 0.388 e. The third-order valence-electron chi connectivity index (χ3n) is 7.41. The molecule has 3 aromatic rings. The minimum Gasteiger partial charge on any atom is -0.388 e. The lowest BCUT2D eigenvalue weighted by atomic mass is 9.85. The van der Waals surface area contributed by atoms with Gasteiger partial charge in [0, 0.05) is 19.0 Å². The second kappa shape index (κ2) is 10.3. The summed E-state index contributed by atoms with van der Waals surface area (Å²) >= 11 is 0. The highest BCUT2D eigenvalue weighted by Gasteiger charge is 2.37. The standard InChI is InChI=1S/C25H28F3N5O4/c26-17-3-5-18(6-4-17)33-21-20(13-30-33)23(35)32(15-29-21)14-25(36)9-11-31(12-10-25)22(34)16-1-7-19(8-2-16)37-24(27)28/h3-6,13,15-16,19,24,36H,1-2,7-12,14H2/t16-,19-. The number of carbonyl (C=O) groups excluding carboxylic acids is 1. The second-order valence-electron chi connectivity index (χ2n) is 9.87. The zero-order chi connectivity index (χ0) is 26.2. The molecule has 1 N–H and O–H groups in total. The number of benzene rings is 1. The number of halogens is 3. The maximum atomic E-state index is 13.3. The van der Waals surface area contributed by atoms with Crippen LogP contribution in [0.25, 0.3) is 16.7 Å². The van der Waals surface area contributed by atoms with Crippen LogP contribution in [-0.4, -0.2) is 66.7 Å². The molecule has 2 aliphatic rings. The molecule has 1 aliphatic carbocycles. The van der Waals surface area contributed by atoms with E-state index in [4.69, 9.17) is 0 Å². The first-order valence-electron chi connectivity index (χ1n) is 12.4. The maximum absolute atomic E-state index is 13.3. The summed E-state index contributed by atoms with van der Waals surface area (Å²) in [7, 11) is 0. The number of alkyl halides is 2. The van der Waals surface area contributed by atoms with Gasteiger partial charge in [0.05, 0.1) is 30.1 Å². The van der Waals surface area contributed by atoms with Gasteiger partial charge >= 0.3 is 6.61 Å². The molecule has 1 saturated heterocycles. The van der Waals surface area contributed by atoms with Crippen LogP contribution in [-0.2, 0) is 16.1 Å². The van der Waals surface area contributed by atoms with E-state index in [0.717, 1.165) is 0 Å². The summed E-state index contributed by atoms with van der Waals surface area (Å²) in [5.41, 5.74) is -0.653.